The van der Waals surface area contributed by atoms with Crippen LogP contribution in [0.15, 0.2) is 36.4 Å². The highest BCUT2D eigenvalue weighted by Crippen LogP contribution is 2.50. The Hall–Kier alpha value is -1.83. The van der Waals surface area contributed by atoms with Gasteiger partial charge in [-0.1, -0.05) is 43.3 Å². The Morgan fingerprint density at radius 2 is 1.83 bits per heavy atom. The Labute approximate surface area is 106 Å². The van der Waals surface area contributed by atoms with Crippen LogP contribution in [0.5, 0.6) is 0 Å². The van der Waals surface area contributed by atoms with Crippen molar-refractivity contribution < 1.29 is 9.58 Å². The van der Waals surface area contributed by atoms with Crippen molar-refractivity contribution in [3.63, 3.8) is 0 Å². The van der Waals surface area contributed by atoms with Gasteiger partial charge in [0.2, 0.25) is 11.8 Å². The maximum absolute atomic E-state index is 6.06. The summed E-state index contributed by atoms with van der Waals surface area (Å²) in [4.78, 5) is 6.06. The van der Waals surface area contributed by atoms with Crippen LogP contribution in [0.1, 0.15) is 36.5 Å². The molecule has 0 spiro atoms. The standard InChI is InChI=1S/C16H16NO/c1-3-13-15-11-8-4-6-10-7-5-9-12(14(10)11)16(15)18-17(13)2/h4-9,15-16H,3H2,1-2H3/q+1. The smallest absolute Gasteiger partial charge is 0.215 e. The van der Waals surface area contributed by atoms with E-state index in [0.29, 0.717) is 5.92 Å². The van der Waals surface area contributed by atoms with E-state index in [1.807, 2.05) is 11.8 Å². The van der Waals surface area contributed by atoms with E-state index < -0.39 is 0 Å². The molecule has 1 heterocycles. The molecule has 4 rings (SSSR count). The summed E-state index contributed by atoms with van der Waals surface area (Å²) in [6, 6.07) is 13.2. The molecule has 2 aromatic rings. The first-order valence-electron chi connectivity index (χ1n) is 6.59. The lowest BCUT2D eigenvalue weighted by atomic mass is 9.92. The van der Waals surface area contributed by atoms with Gasteiger partial charge in [0.25, 0.3) is 0 Å². The predicted octanol–water partition coefficient (Wildman–Crippen LogP) is 3.42. The second-order valence-corrected chi connectivity index (χ2v) is 5.14. The Balaban J connectivity index is 2.05. The summed E-state index contributed by atoms with van der Waals surface area (Å²) in [5.74, 6) is 0.418. The van der Waals surface area contributed by atoms with Crippen molar-refractivity contribution in [1.82, 2.24) is 0 Å². The lowest BCUT2D eigenvalue weighted by molar-refractivity contribution is -0.770. The minimum atomic E-state index is 0.186. The molecule has 90 valence electrons. The monoisotopic (exact) mass is 238 g/mol. The number of hydrogen-bond acceptors (Lipinski definition) is 1. The first-order chi connectivity index (χ1) is 8.81. The van der Waals surface area contributed by atoms with Crippen LogP contribution in [-0.2, 0) is 4.84 Å². The number of benzene rings is 2. The van der Waals surface area contributed by atoms with Crippen molar-refractivity contribution >= 4 is 16.5 Å². The zero-order chi connectivity index (χ0) is 12.3. The van der Waals surface area contributed by atoms with Crippen LogP contribution < -0.4 is 0 Å². The normalized spacial score (nSPS) is 24.6. The van der Waals surface area contributed by atoms with Crippen molar-refractivity contribution in [3.8, 4) is 0 Å². The highest BCUT2D eigenvalue weighted by atomic mass is 16.7. The van der Waals surface area contributed by atoms with Crippen LogP contribution in [0.25, 0.3) is 10.8 Å². The maximum Gasteiger partial charge on any atom is 0.215 e. The van der Waals surface area contributed by atoms with Crippen LogP contribution >= 0.6 is 0 Å². The summed E-state index contributed by atoms with van der Waals surface area (Å²) >= 11 is 0. The van der Waals surface area contributed by atoms with Crippen molar-refractivity contribution in [2.24, 2.45) is 0 Å². The molecule has 0 aromatic heterocycles. The van der Waals surface area contributed by atoms with E-state index in [1.54, 1.807) is 0 Å². The highest BCUT2D eigenvalue weighted by molar-refractivity contribution is 6.00. The predicted molar refractivity (Wildman–Crippen MR) is 72.0 cm³/mol. The van der Waals surface area contributed by atoms with E-state index in [1.165, 1.54) is 27.6 Å². The van der Waals surface area contributed by atoms with Crippen LogP contribution in [0.2, 0.25) is 0 Å². The summed E-state index contributed by atoms with van der Waals surface area (Å²) in [6.45, 7) is 2.21. The molecule has 1 aliphatic heterocycles. The van der Waals surface area contributed by atoms with Gasteiger partial charge in [0.05, 0.1) is 0 Å². The third-order valence-corrected chi connectivity index (χ3v) is 4.31. The summed E-state index contributed by atoms with van der Waals surface area (Å²) in [6.07, 6.45) is 1.23. The molecular formula is C16H16NO+. The van der Waals surface area contributed by atoms with Gasteiger partial charge in [0.15, 0.2) is 7.05 Å². The van der Waals surface area contributed by atoms with Gasteiger partial charge in [-0.25, -0.2) is 0 Å². The maximum atomic E-state index is 6.06. The van der Waals surface area contributed by atoms with Gasteiger partial charge in [-0.05, 0) is 21.1 Å². The van der Waals surface area contributed by atoms with Crippen LogP contribution in [-0.4, -0.2) is 17.5 Å². The van der Waals surface area contributed by atoms with E-state index in [-0.39, 0.29) is 6.10 Å². The summed E-state index contributed by atoms with van der Waals surface area (Å²) in [5, 5.41) is 2.75. The van der Waals surface area contributed by atoms with E-state index >= 15 is 0 Å². The van der Waals surface area contributed by atoms with Crippen LogP contribution in [0, 0.1) is 0 Å². The molecule has 2 aromatic carbocycles. The number of fused-ring (bicyclic) bond motifs is 3. The quantitative estimate of drug-likeness (QED) is 0.693. The zero-order valence-corrected chi connectivity index (χ0v) is 10.7. The molecule has 0 amide bonds. The van der Waals surface area contributed by atoms with Crippen molar-refractivity contribution in [2.45, 2.75) is 25.4 Å². The Morgan fingerprint density at radius 3 is 2.56 bits per heavy atom. The average molecular weight is 238 g/mol. The minimum Gasteiger partial charge on any atom is -0.268 e. The topological polar surface area (TPSA) is 12.2 Å². The Bertz CT molecular complexity index is 681. The SMILES string of the molecule is CCC1=[N+](C)OC2c3cccc4cccc(c34)C12. The molecule has 18 heavy (non-hydrogen) atoms. The van der Waals surface area contributed by atoms with Gasteiger partial charge >= 0.3 is 0 Å². The van der Waals surface area contributed by atoms with E-state index in [2.05, 4.69) is 43.3 Å². The lowest BCUT2D eigenvalue weighted by Crippen LogP contribution is -2.13. The fraction of sp³-hybridized carbons (Fsp3) is 0.312. The van der Waals surface area contributed by atoms with Gasteiger partial charge in [-0.3, -0.25) is 4.84 Å². The molecule has 0 radical (unpaired) electrons. The molecular weight excluding hydrogens is 222 g/mol. The lowest BCUT2D eigenvalue weighted by Gasteiger charge is -2.05. The van der Waals surface area contributed by atoms with Gasteiger partial charge in [0, 0.05) is 12.0 Å². The summed E-state index contributed by atoms with van der Waals surface area (Å²) in [5.41, 5.74) is 4.18. The second kappa shape index (κ2) is 3.35. The summed E-state index contributed by atoms with van der Waals surface area (Å²) < 4.78 is 1.98. The largest absolute Gasteiger partial charge is 0.268 e. The average Bonchev–Trinajstić information content (AvgIpc) is 2.87. The van der Waals surface area contributed by atoms with Gasteiger partial charge in [-0.15, -0.1) is 0 Å². The third kappa shape index (κ3) is 1.06. The molecule has 0 saturated carbocycles. The third-order valence-electron chi connectivity index (χ3n) is 4.31. The van der Waals surface area contributed by atoms with Crippen LogP contribution in [0.3, 0.4) is 0 Å². The molecule has 2 aliphatic rings. The Kier molecular flexibility index (Phi) is 1.88. The van der Waals surface area contributed by atoms with Gasteiger partial charge < -0.3 is 0 Å². The molecule has 0 saturated heterocycles. The Morgan fingerprint density at radius 1 is 1.11 bits per heavy atom. The number of hydrogen-bond donors (Lipinski definition) is 0. The number of nitrogens with zero attached hydrogens (tertiary/aromatic N) is 1. The van der Waals surface area contributed by atoms with E-state index in [4.69, 9.17) is 4.84 Å². The van der Waals surface area contributed by atoms with Gasteiger partial charge in [-0.2, -0.15) is 0 Å². The zero-order valence-electron chi connectivity index (χ0n) is 10.7. The summed E-state index contributed by atoms with van der Waals surface area (Å²) in [7, 11) is 2.03. The van der Waals surface area contributed by atoms with Gasteiger partial charge in [0.1, 0.15) is 5.92 Å². The minimum absolute atomic E-state index is 0.186. The van der Waals surface area contributed by atoms with Crippen molar-refractivity contribution in [2.75, 3.05) is 7.05 Å². The molecule has 2 heteroatoms. The van der Waals surface area contributed by atoms with Crippen molar-refractivity contribution in [1.29, 1.82) is 0 Å². The van der Waals surface area contributed by atoms with Crippen molar-refractivity contribution in [3.05, 3.63) is 47.5 Å². The second-order valence-electron chi connectivity index (χ2n) is 5.14. The highest BCUT2D eigenvalue weighted by Gasteiger charge is 2.49. The van der Waals surface area contributed by atoms with E-state index in [0.717, 1.165) is 6.42 Å². The fourth-order valence-corrected chi connectivity index (χ4v) is 3.59. The first kappa shape index (κ1) is 10.1. The molecule has 2 nitrogen and oxygen atoms in total. The number of hydroxylamine groups is 1. The fourth-order valence-electron chi connectivity index (χ4n) is 3.59. The molecule has 0 N–H and O–H groups in total. The molecule has 0 bridgehead atoms. The molecule has 2 unspecified atom stereocenters. The number of rotatable bonds is 1. The molecule has 2 atom stereocenters. The van der Waals surface area contributed by atoms with Crippen LogP contribution in [0.4, 0.5) is 0 Å². The first-order valence-corrected chi connectivity index (χ1v) is 6.59. The molecule has 0 fully saturated rings. The molecule has 1 aliphatic carbocycles. The van der Waals surface area contributed by atoms with E-state index in [9.17, 15) is 0 Å².